The molecular formula is C14H18O7. The number of rotatable bonds is 9. The van der Waals surface area contributed by atoms with Crippen molar-refractivity contribution in [2.45, 2.75) is 18.5 Å². The molecule has 7 heteroatoms. The van der Waals surface area contributed by atoms with Crippen LogP contribution in [0.2, 0.25) is 0 Å². The molecule has 0 bridgehead atoms. The van der Waals surface area contributed by atoms with E-state index < -0.39 is 12.9 Å². The van der Waals surface area contributed by atoms with Gasteiger partial charge in [0.15, 0.2) is 11.5 Å². The molecule has 116 valence electrons. The minimum Gasteiger partial charge on any atom is -0.487 e. The predicted molar refractivity (Wildman–Crippen MR) is 70.6 cm³/mol. The highest BCUT2D eigenvalue weighted by Gasteiger charge is 2.26. The quantitative estimate of drug-likeness (QED) is 0.487. The molecule has 2 N–H and O–H groups in total. The number of benzene rings is 1. The first-order valence-electron chi connectivity index (χ1n) is 6.83. The smallest absolute Gasteiger partial charge is 0.221 e. The van der Waals surface area contributed by atoms with E-state index >= 15 is 0 Å². The van der Waals surface area contributed by atoms with Crippen LogP contribution in [-0.2, 0) is 9.47 Å². The van der Waals surface area contributed by atoms with Crippen molar-refractivity contribution >= 4 is 0 Å². The molecule has 0 radical (unpaired) electrons. The maximum Gasteiger partial charge on any atom is 0.221 e. The van der Waals surface area contributed by atoms with Gasteiger partial charge in [-0.2, -0.15) is 0 Å². The average molecular weight is 298 g/mol. The molecule has 2 saturated heterocycles. The topological polar surface area (TPSA) is 93.2 Å². The number of hydrogen-bond donors (Lipinski definition) is 2. The van der Waals surface area contributed by atoms with Crippen molar-refractivity contribution in [3.63, 3.8) is 0 Å². The van der Waals surface area contributed by atoms with Crippen molar-refractivity contribution in [2.24, 2.45) is 0 Å². The summed E-state index contributed by atoms with van der Waals surface area (Å²) in [6.07, 6.45) is -1.14. The summed E-state index contributed by atoms with van der Waals surface area (Å²) >= 11 is 0. The molecule has 3 rings (SSSR count). The number of hydrogen-bond acceptors (Lipinski definition) is 7. The van der Waals surface area contributed by atoms with Crippen LogP contribution >= 0.6 is 0 Å². The third-order valence-corrected chi connectivity index (χ3v) is 3.01. The van der Waals surface area contributed by atoms with Gasteiger partial charge in [-0.05, 0) is 12.1 Å². The van der Waals surface area contributed by atoms with Crippen molar-refractivity contribution < 1.29 is 33.9 Å². The van der Waals surface area contributed by atoms with Crippen LogP contribution in [0.25, 0.3) is 0 Å². The zero-order valence-electron chi connectivity index (χ0n) is 11.4. The maximum absolute atomic E-state index is 9.51. The number of aliphatic hydroxyl groups is 2. The molecule has 2 heterocycles. The van der Waals surface area contributed by atoms with E-state index in [1.54, 1.807) is 18.2 Å². The molecule has 0 amide bonds. The van der Waals surface area contributed by atoms with Gasteiger partial charge in [-0.3, -0.25) is 0 Å². The molecule has 0 spiro atoms. The van der Waals surface area contributed by atoms with Crippen molar-refractivity contribution in [3.05, 3.63) is 18.2 Å². The molecule has 7 nitrogen and oxygen atoms in total. The first-order valence-corrected chi connectivity index (χ1v) is 6.83. The van der Waals surface area contributed by atoms with Crippen LogP contribution in [0.4, 0.5) is 0 Å². The number of epoxide rings is 2. The van der Waals surface area contributed by atoms with Gasteiger partial charge in [0.1, 0.15) is 32.0 Å². The molecule has 0 saturated carbocycles. The number of aliphatic hydroxyl groups excluding tert-OH is 2. The molecule has 0 aliphatic carbocycles. The van der Waals surface area contributed by atoms with Crippen LogP contribution in [0.1, 0.15) is 0 Å². The second-order valence-electron chi connectivity index (χ2n) is 4.87. The Hall–Kier alpha value is -1.54. The van der Waals surface area contributed by atoms with Crippen LogP contribution in [0, 0.1) is 0 Å². The van der Waals surface area contributed by atoms with Crippen LogP contribution in [0.15, 0.2) is 18.2 Å². The van der Waals surface area contributed by atoms with Crippen LogP contribution in [-0.4, -0.2) is 61.7 Å². The summed E-state index contributed by atoms with van der Waals surface area (Å²) in [6, 6.07) is 5.19. The highest BCUT2D eigenvalue weighted by molar-refractivity contribution is 5.51. The Bertz CT molecular complexity index is 436. The summed E-state index contributed by atoms with van der Waals surface area (Å²) in [5.41, 5.74) is 0. The van der Waals surface area contributed by atoms with E-state index in [1.165, 1.54) is 0 Å². The van der Waals surface area contributed by atoms with Gasteiger partial charge in [0, 0.05) is 0 Å². The van der Waals surface area contributed by atoms with Gasteiger partial charge in [-0.25, -0.2) is 0 Å². The van der Waals surface area contributed by atoms with Crippen LogP contribution < -0.4 is 14.2 Å². The molecule has 1 aromatic carbocycles. The highest BCUT2D eigenvalue weighted by atomic mass is 16.6. The monoisotopic (exact) mass is 298 g/mol. The summed E-state index contributed by atoms with van der Waals surface area (Å²) in [4.78, 5) is 0. The van der Waals surface area contributed by atoms with Gasteiger partial charge in [-0.15, -0.1) is 0 Å². The lowest BCUT2D eigenvalue weighted by atomic mass is 10.3. The zero-order valence-corrected chi connectivity index (χ0v) is 11.4. The molecule has 3 unspecified atom stereocenters. The van der Waals surface area contributed by atoms with E-state index in [4.69, 9.17) is 28.8 Å². The van der Waals surface area contributed by atoms with Crippen LogP contribution in [0.3, 0.4) is 0 Å². The summed E-state index contributed by atoms with van der Waals surface area (Å²) in [7, 11) is 0. The Morgan fingerprint density at radius 2 is 1.62 bits per heavy atom. The lowest BCUT2D eigenvalue weighted by molar-refractivity contribution is -0.0576. The largest absolute Gasteiger partial charge is 0.487 e. The van der Waals surface area contributed by atoms with Gasteiger partial charge in [0.25, 0.3) is 0 Å². The van der Waals surface area contributed by atoms with E-state index in [0.717, 1.165) is 0 Å². The summed E-state index contributed by atoms with van der Waals surface area (Å²) < 4.78 is 26.7. The number of ether oxygens (including phenoxy) is 5. The van der Waals surface area contributed by atoms with Crippen molar-refractivity contribution in [1.29, 1.82) is 0 Å². The fourth-order valence-electron chi connectivity index (χ4n) is 1.71. The standard InChI is InChI=1S/C14H18O7/c15-4-13(16)21-14-11(19-7-9-5-17-9)2-1-3-12(14)20-8-10-6-18-10/h1-3,9-10,13,15-16H,4-8H2. The first kappa shape index (κ1) is 14.4. The normalized spacial score (nSPS) is 24.3. The minimum absolute atomic E-state index is 0.102. The van der Waals surface area contributed by atoms with E-state index in [1.807, 2.05) is 0 Å². The molecule has 2 aliphatic heterocycles. The molecule has 0 aromatic heterocycles. The highest BCUT2D eigenvalue weighted by Crippen LogP contribution is 2.38. The number of para-hydroxylation sites is 1. The Balaban J connectivity index is 1.72. The molecule has 1 aromatic rings. The van der Waals surface area contributed by atoms with Crippen molar-refractivity contribution in [3.8, 4) is 17.2 Å². The Labute approximate surface area is 121 Å². The predicted octanol–water partition coefficient (Wildman–Crippen LogP) is -0.0687. The van der Waals surface area contributed by atoms with Crippen LogP contribution in [0.5, 0.6) is 17.2 Å². The average Bonchev–Trinajstić information content (AvgIpc) is 3.38. The first-order chi connectivity index (χ1) is 10.3. The Morgan fingerprint density at radius 3 is 2.05 bits per heavy atom. The molecule has 2 fully saturated rings. The van der Waals surface area contributed by atoms with E-state index in [0.29, 0.717) is 37.9 Å². The fourth-order valence-corrected chi connectivity index (χ4v) is 1.71. The van der Waals surface area contributed by atoms with Crippen molar-refractivity contribution in [1.82, 2.24) is 0 Å². The third kappa shape index (κ3) is 4.21. The van der Waals surface area contributed by atoms with Gasteiger partial charge >= 0.3 is 0 Å². The van der Waals surface area contributed by atoms with Gasteiger partial charge < -0.3 is 33.9 Å². The fraction of sp³-hybridized carbons (Fsp3) is 0.571. The summed E-state index contributed by atoms with van der Waals surface area (Å²) in [5, 5.41) is 18.4. The molecule has 21 heavy (non-hydrogen) atoms. The maximum atomic E-state index is 9.51. The summed E-state index contributed by atoms with van der Waals surface area (Å²) in [6.45, 7) is 1.65. The molecule has 3 atom stereocenters. The van der Waals surface area contributed by atoms with Gasteiger partial charge in [0.05, 0.1) is 13.2 Å². The minimum atomic E-state index is -1.34. The third-order valence-electron chi connectivity index (χ3n) is 3.01. The van der Waals surface area contributed by atoms with E-state index in [9.17, 15) is 5.11 Å². The second-order valence-corrected chi connectivity index (χ2v) is 4.87. The lowest BCUT2D eigenvalue weighted by Gasteiger charge is -2.18. The van der Waals surface area contributed by atoms with Gasteiger partial charge in [-0.1, -0.05) is 6.07 Å². The second kappa shape index (κ2) is 6.48. The Morgan fingerprint density at radius 1 is 1.10 bits per heavy atom. The van der Waals surface area contributed by atoms with Crippen molar-refractivity contribution in [2.75, 3.05) is 33.0 Å². The van der Waals surface area contributed by atoms with E-state index in [2.05, 4.69) is 0 Å². The lowest BCUT2D eigenvalue weighted by Crippen LogP contribution is -2.21. The SMILES string of the molecule is OCC(O)Oc1c(OCC2CO2)cccc1OCC1CO1. The van der Waals surface area contributed by atoms with E-state index in [-0.39, 0.29) is 18.0 Å². The Kier molecular flexibility index (Phi) is 4.45. The zero-order chi connectivity index (χ0) is 14.7. The molecular weight excluding hydrogens is 280 g/mol. The van der Waals surface area contributed by atoms with Gasteiger partial charge in [0.2, 0.25) is 12.0 Å². The molecule has 2 aliphatic rings. The summed E-state index contributed by atoms with van der Waals surface area (Å²) in [5.74, 6) is 1.14.